The Labute approximate surface area is 173 Å². The molecule has 0 bridgehead atoms. The highest BCUT2D eigenvalue weighted by atomic mass is 16.5. The number of carbonyl (C=O) groups is 2. The summed E-state index contributed by atoms with van der Waals surface area (Å²) in [6.07, 6.45) is 3.44. The van der Waals surface area contributed by atoms with Gasteiger partial charge in [-0.3, -0.25) is 14.5 Å². The molecule has 0 aromatic heterocycles. The Balaban J connectivity index is 1.37. The van der Waals surface area contributed by atoms with Crippen LogP contribution in [0.2, 0.25) is 0 Å². The SMILES string of the molecule is COc1ccc(C(=O)CCCC(=O)NC2CCCN(Cc3ccccc3)C2)cc1. The van der Waals surface area contributed by atoms with E-state index in [9.17, 15) is 9.59 Å². The van der Waals surface area contributed by atoms with Gasteiger partial charge in [-0.05, 0) is 55.6 Å². The summed E-state index contributed by atoms with van der Waals surface area (Å²) in [5, 5.41) is 3.15. The van der Waals surface area contributed by atoms with Crippen molar-refractivity contribution in [1.29, 1.82) is 0 Å². The zero-order valence-electron chi connectivity index (χ0n) is 17.1. The van der Waals surface area contributed by atoms with E-state index < -0.39 is 0 Å². The molecule has 5 nitrogen and oxygen atoms in total. The molecule has 2 aromatic rings. The Morgan fingerprint density at radius 1 is 1.07 bits per heavy atom. The topological polar surface area (TPSA) is 58.6 Å². The van der Waals surface area contributed by atoms with Crippen molar-refractivity contribution in [3.05, 3.63) is 65.7 Å². The van der Waals surface area contributed by atoms with E-state index in [1.165, 1.54) is 5.56 Å². The highest BCUT2D eigenvalue weighted by molar-refractivity contribution is 5.96. The molecule has 29 heavy (non-hydrogen) atoms. The molecule has 1 unspecified atom stereocenters. The Morgan fingerprint density at radius 2 is 1.83 bits per heavy atom. The van der Waals surface area contributed by atoms with Gasteiger partial charge < -0.3 is 10.1 Å². The van der Waals surface area contributed by atoms with E-state index >= 15 is 0 Å². The predicted molar refractivity (Wildman–Crippen MR) is 114 cm³/mol. The van der Waals surface area contributed by atoms with Crippen LogP contribution in [-0.4, -0.2) is 42.8 Å². The quantitative estimate of drug-likeness (QED) is 0.657. The fourth-order valence-corrected chi connectivity index (χ4v) is 3.79. The first-order valence-electron chi connectivity index (χ1n) is 10.4. The van der Waals surface area contributed by atoms with Gasteiger partial charge >= 0.3 is 0 Å². The second-order valence-electron chi connectivity index (χ2n) is 7.63. The van der Waals surface area contributed by atoms with Crippen LogP contribution in [0.15, 0.2) is 54.6 Å². The van der Waals surface area contributed by atoms with Crippen molar-refractivity contribution in [2.24, 2.45) is 0 Å². The maximum absolute atomic E-state index is 12.3. The van der Waals surface area contributed by atoms with E-state index in [1.807, 2.05) is 6.07 Å². The van der Waals surface area contributed by atoms with Crippen LogP contribution < -0.4 is 10.1 Å². The van der Waals surface area contributed by atoms with E-state index in [2.05, 4.69) is 34.5 Å². The van der Waals surface area contributed by atoms with Gasteiger partial charge in [0.05, 0.1) is 7.11 Å². The van der Waals surface area contributed by atoms with E-state index in [4.69, 9.17) is 4.74 Å². The number of piperidine rings is 1. The maximum Gasteiger partial charge on any atom is 0.220 e. The van der Waals surface area contributed by atoms with E-state index in [-0.39, 0.29) is 17.7 Å². The first kappa shape index (κ1) is 21.1. The third kappa shape index (κ3) is 6.71. The lowest BCUT2D eigenvalue weighted by Crippen LogP contribution is -2.47. The lowest BCUT2D eigenvalue weighted by molar-refractivity contribution is -0.122. The number of rotatable bonds is 9. The number of nitrogens with zero attached hydrogens (tertiary/aromatic N) is 1. The van der Waals surface area contributed by atoms with Gasteiger partial charge in [0.15, 0.2) is 5.78 Å². The third-order valence-electron chi connectivity index (χ3n) is 5.34. The predicted octanol–water partition coefficient (Wildman–Crippen LogP) is 3.83. The fraction of sp³-hybridized carbons (Fsp3) is 0.417. The molecule has 1 amide bonds. The largest absolute Gasteiger partial charge is 0.497 e. The lowest BCUT2D eigenvalue weighted by Gasteiger charge is -2.33. The number of ether oxygens (including phenoxy) is 1. The molecule has 5 heteroatoms. The van der Waals surface area contributed by atoms with Crippen LogP contribution in [0.4, 0.5) is 0 Å². The van der Waals surface area contributed by atoms with Crippen LogP contribution in [0.25, 0.3) is 0 Å². The summed E-state index contributed by atoms with van der Waals surface area (Å²) in [6, 6.07) is 17.7. The molecule has 3 rings (SSSR count). The number of Topliss-reactive ketones (excluding diaryl/α,β-unsaturated/α-hetero) is 1. The van der Waals surface area contributed by atoms with Gasteiger partial charge in [-0.15, -0.1) is 0 Å². The molecule has 0 aliphatic carbocycles. The van der Waals surface area contributed by atoms with Gasteiger partial charge in [-0.1, -0.05) is 30.3 Å². The van der Waals surface area contributed by atoms with Gasteiger partial charge in [0.1, 0.15) is 5.75 Å². The smallest absolute Gasteiger partial charge is 0.220 e. The van der Waals surface area contributed by atoms with Crippen LogP contribution in [0.5, 0.6) is 5.75 Å². The van der Waals surface area contributed by atoms with Gasteiger partial charge in [0.25, 0.3) is 0 Å². The summed E-state index contributed by atoms with van der Waals surface area (Å²) in [7, 11) is 1.60. The molecular formula is C24H30N2O3. The minimum atomic E-state index is 0.0408. The zero-order chi connectivity index (χ0) is 20.5. The van der Waals surface area contributed by atoms with Crippen LogP contribution in [0.3, 0.4) is 0 Å². The highest BCUT2D eigenvalue weighted by Gasteiger charge is 2.21. The third-order valence-corrected chi connectivity index (χ3v) is 5.34. The average Bonchev–Trinajstić information content (AvgIpc) is 2.74. The molecule has 1 aliphatic rings. The molecule has 1 saturated heterocycles. The average molecular weight is 395 g/mol. The summed E-state index contributed by atoms with van der Waals surface area (Å²) in [6.45, 7) is 2.87. The van der Waals surface area contributed by atoms with Crippen molar-refractivity contribution in [3.8, 4) is 5.75 Å². The number of hydrogen-bond donors (Lipinski definition) is 1. The fourth-order valence-electron chi connectivity index (χ4n) is 3.79. The Morgan fingerprint density at radius 3 is 2.55 bits per heavy atom. The summed E-state index contributed by atoms with van der Waals surface area (Å²) in [5.41, 5.74) is 1.96. The first-order chi connectivity index (χ1) is 14.1. The zero-order valence-corrected chi connectivity index (χ0v) is 17.1. The number of likely N-dealkylation sites (tertiary alicyclic amines) is 1. The van der Waals surface area contributed by atoms with Crippen LogP contribution >= 0.6 is 0 Å². The molecule has 154 valence electrons. The first-order valence-corrected chi connectivity index (χ1v) is 10.4. The van der Waals surface area contributed by atoms with E-state index in [0.717, 1.165) is 38.2 Å². The number of ketones is 1. The van der Waals surface area contributed by atoms with Gasteiger partial charge in [0.2, 0.25) is 5.91 Å². The minimum Gasteiger partial charge on any atom is -0.497 e. The van der Waals surface area contributed by atoms with Gasteiger partial charge in [0, 0.05) is 37.5 Å². The van der Waals surface area contributed by atoms with Gasteiger partial charge in [-0.2, -0.15) is 0 Å². The van der Waals surface area contributed by atoms with Crippen LogP contribution in [0.1, 0.15) is 48.0 Å². The Hall–Kier alpha value is -2.66. The molecule has 0 spiro atoms. The normalized spacial score (nSPS) is 16.9. The number of benzene rings is 2. The molecule has 0 radical (unpaired) electrons. The minimum absolute atomic E-state index is 0.0408. The Kier molecular flexibility index (Phi) is 7.82. The molecule has 1 N–H and O–H groups in total. The molecule has 1 fully saturated rings. The molecule has 2 aromatic carbocycles. The van der Waals surface area contributed by atoms with Crippen molar-refractivity contribution in [3.63, 3.8) is 0 Å². The molecular weight excluding hydrogens is 364 g/mol. The summed E-state index contributed by atoms with van der Waals surface area (Å²) in [4.78, 5) is 27.0. The molecule has 1 heterocycles. The highest BCUT2D eigenvalue weighted by Crippen LogP contribution is 2.15. The van der Waals surface area contributed by atoms with Crippen molar-refractivity contribution in [2.45, 2.75) is 44.7 Å². The lowest BCUT2D eigenvalue weighted by atomic mass is 10.0. The molecule has 1 atom stereocenters. The van der Waals surface area contributed by atoms with Crippen molar-refractivity contribution in [2.75, 3.05) is 20.2 Å². The number of methoxy groups -OCH3 is 1. The summed E-state index contributed by atoms with van der Waals surface area (Å²) in [5.74, 6) is 0.834. The maximum atomic E-state index is 12.3. The summed E-state index contributed by atoms with van der Waals surface area (Å²) < 4.78 is 5.11. The second kappa shape index (κ2) is 10.8. The van der Waals surface area contributed by atoms with E-state index in [0.29, 0.717) is 24.8 Å². The standard InChI is InChI=1S/C24H30N2O3/c1-29-22-14-12-20(13-15-22)23(27)10-5-11-24(28)25-21-9-6-16-26(18-21)17-19-7-3-2-4-8-19/h2-4,7-8,12-15,21H,5-6,9-11,16-18H2,1H3,(H,25,28). The second-order valence-corrected chi connectivity index (χ2v) is 7.63. The number of carbonyl (C=O) groups excluding carboxylic acids is 2. The monoisotopic (exact) mass is 394 g/mol. The molecule has 0 saturated carbocycles. The number of amides is 1. The van der Waals surface area contributed by atoms with E-state index in [1.54, 1.807) is 31.4 Å². The van der Waals surface area contributed by atoms with Crippen molar-refractivity contribution < 1.29 is 14.3 Å². The number of hydrogen-bond acceptors (Lipinski definition) is 4. The van der Waals surface area contributed by atoms with Crippen LogP contribution in [-0.2, 0) is 11.3 Å². The van der Waals surface area contributed by atoms with Crippen molar-refractivity contribution >= 4 is 11.7 Å². The summed E-state index contributed by atoms with van der Waals surface area (Å²) >= 11 is 0. The number of nitrogens with one attached hydrogen (secondary N) is 1. The van der Waals surface area contributed by atoms with Crippen LogP contribution in [0, 0.1) is 0 Å². The molecule has 1 aliphatic heterocycles. The van der Waals surface area contributed by atoms with Gasteiger partial charge in [-0.25, -0.2) is 0 Å². The van der Waals surface area contributed by atoms with Crippen molar-refractivity contribution in [1.82, 2.24) is 10.2 Å². The Bertz CT molecular complexity index is 790.